The number of fused-ring (bicyclic) bond motifs is 1. The zero-order valence-electron chi connectivity index (χ0n) is 16.4. The molecule has 0 bridgehead atoms. The van der Waals surface area contributed by atoms with Gasteiger partial charge in [0.25, 0.3) is 0 Å². The minimum absolute atomic E-state index is 0.132. The molecule has 1 atom stereocenters. The average molecular weight is 431 g/mol. The number of rotatable bonds is 5. The van der Waals surface area contributed by atoms with E-state index in [1.54, 1.807) is 10.6 Å². The lowest BCUT2D eigenvalue weighted by Gasteiger charge is -2.23. The van der Waals surface area contributed by atoms with Crippen molar-refractivity contribution in [1.82, 2.24) is 24.6 Å². The third-order valence-corrected chi connectivity index (χ3v) is 6.81. The van der Waals surface area contributed by atoms with Crippen molar-refractivity contribution >= 4 is 40.3 Å². The van der Waals surface area contributed by atoms with Crippen molar-refractivity contribution < 1.29 is 4.79 Å². The summed E-state index contributed by atoms with van der Waals surface area (Å²) in [7, 11) is 0. The number of thioether (sulfide) groups is 1. The summed E-state index contributed by atoms with van der Waals surface area (Å²) in [6.07, 6.45) is 2.79. The van der Waals surface area contributed by atoms with Gasteiger partial charge in [0.2, 0.25) is 5.91 Å². The van der Waals surface area contributed by atoms with Gasteiger partial charge < -0.3 is 4.90 Å². The summed E-state index contributed by atoms with van der Waals surface area (Å²) in [6, 6.07) is 7.37. The van der Waals surface area contributed by atoms with Crippen LogP contribution in [0.4, 0.5) is 0 Å². The maximum atomic E-state index is 13.0. The molecule has 1 amide bonds. The molecule has 0 radical (unpaired) electrons. The van der Waals surface area contributed by atoms with Crippen molar-refractivity contribution in [2.45, 2.75) is 43.5 Å². The van der Waals surface area contributed by atoms with Gasteiger partial charge in [-0.1, -0.05) is 42.4 Å². The van der Waals surface area contributed by atoms with E-state index in [2.05, 4.69) is 10.2 Å². The van der Waals surface area contributed by atoms with Gasteiger partial charge in [0.15, 0.2) is 10.8 Å². The molecule has 2 aromatic heterocycles. The van der Waals surface area contributed by atoms with Crippen LogP contribution in [0, 0.1) is 12.3 Å². The minimum Gasteiger partial charge on any atom is -0.342 e. The van der Waals surface area contributed by atoms with Crippen molar-refractivity contribution in [3.63, 3.8) is 0 Å². The number of hydrogen-bond acceptors (Lipinski definition) is 5. The van der Waals surface area contributed by atoms with Gasteiger partial charge in [-0.15, -0.1) is 0 Å². The van der Waals surface area contributed by atoms with E-state index >= 15 is 0 Å². The number of likely N-dealkylation sites (tertiary alicyclic amines) is 1. The van der Waals surface area contributed by atoms with E-state index in [1.165, 1.54) is 11.8 Å². The lowest BCUT2D eigenvalue weighted by molar-refractivity contribution is -0.129. The summed E-state index contributed by atoms with van der Waals surface area (Å²) in [6.45, 7) is 5.50. The Morgan fingerprint density at radius 2 is 2.07 bits per heavy atom. The van der Waals surface area contributed by atoms with Gasteiger partial charge in [-0.3, -0.25) is 19.9 Å². The molecule has 0 saturated carbocycles. The molecule has 1 unspecified atom stereocenters. The summed E-state index contributed by atoms with van der Waals surface area (Å²) in [4.78, 5) is 19.7. The molecule has 0 spiro atoms. The fourth-order valence-electron chi connectivity index (χ4n) is 3.64. The Hall–Kier alpha value is -2.32. The molecule has 0 aliphatic carbocycles. The number of para-hydroxylation sites is 1. The van der Waals surface area contributed by atoms with Crippen molar-refractivity contribution in [2.24, 2.45) is 0 Å². The summed E-state index contributed by atoms with van der Waals surface area (Å²) in [5.41, 5.74) is 2.16. The number of aromatic nitrogens is 4. The van der Waals surface area contributed by atoms with Crippen LogP contribution < -0.4 is 5.49 Å². The Morgan fingerprint density at radius 3 is 2.76 bits per heavy atom. The van der Waals surface area contributed by atoms with Gasteiger partial charge in [0.05, 0.1) is 21.3 Å². The highest BCUT2D eigenvalue weighted by Crippen LogP contribution is 2.30. The molecule has 1 aromatic carbocycles. The van der Waals surface area contributed by atoms with E-state index in [4.69, 9.17) is 22.0 Å². The molecule has 9 heteroatoms. The van der Waals surface area contributed by atoms with Gasteiger partial charge in [0, 0.05) is 18.8 Å². The molecule has 4 rings (SSSR count). The molecule has 29 heavy (non-hydrogen) atoms. The topological polar surface area (TPSA) is 90.7 Å². The SMILES string of the molecule is CCC(Sc1nc2n[nH]c(C)c2c(=N)n1-c1ccccc1Cl)C(=O)N1CCCC1. The Labute approximate surface area is 178 Å². The van der Waals surface area contributed by atoms with Crippen LogP contribution in [-0.2, 0) is 4.79 Å². The quantitative estimate of drug-likeness (QED) is 0.477. The Morgan fingerprint density at radius 1 is 1.34 bits per heavy atom. The molecular formula is C20H23ClN6OS. The third-order valence-electron chi connectivity index (χ3n) is 5.19. The molecule has 3 aromatic rings. The van der Waals surface area contributed by atoms with Crippen LogP contribution in [0.5, 0.6) is 0 Å². The van der Waals surface area contributed by atoms with E-state index in [-0.39, 0.29) is 16.6 Å². The summed E-state index contributed by atoms with van der Waals surface area (Å²) in [5, 5.41) is 17.4. The predicted molar refractivity (Wildman–Crippen MR) is 115 cm³/mol. The second-order valence-corrected chi connectivity index (χ2v) is 8.70. The first-order chi connectivity index (χ1) is 14.0. The number of carbonyl (C=O) groups excluding carboxylic acids is 1. The Kier molecular flexibility index (Phi) is 5.65. The standard InChI is InChI=1S/C20H23ClN6OS/c1-3-15(19(28)26-10-6-7-11-26)29-20-23-18-16(12(2)24-25-18)17(22)27(20)14-9-5-4-8-13(14)21/h4-5,8-9,15,22H,3,6-7,10-11H2,1-2H3,(H,24,25). The maximum absolute atomic E-state index is 13.0. The van der Waals surface area contributed by atoms with Crippen LogP contribution in [0.15, 0.2) is 29.4 Å². The molecule has 3 heterocycles. The van der Waals surface area contributed by atoms with Gasteiger partial charge in [-0.05, 0) is 38.3 Å². The smallest absolute Gasteiger partial charge is 0.236 e. The zero-order chi connectivity index (χ0) is 20.5. The van der Waals surface area contributed by atoms with E-state index in [0.717, 1.165) is 31.6 Å². The molecular weight excluding hydrogens is 408 g/mol. The Balaban J connectivity index is 1.84. The molecule has 2 N–H and O–H groups in total. The second kappa shape index (κ2) is 8.20. The third kappa shape index (κ3) is 3.67. The highest BCUT2D eigenvalue weighted by atomic mass is 35.5. The lowest BCUT2D eigenvalue weighted by Crippen LogP contribution is -2.35. The first kappa shape index (κ1) is 20.0. The first-order valence-electron chi connectivity index (χ1n) is 9.74. The Bertz CT molecular complexity index is 1120. The van der Waals surface area contributed by atoms with Gasteiger partial charge in [0.1, 0.15) is 5.49 Å². The minimum atomic E-state index is -0.272. The number of nitrogens with zero attached hydrogens (tertiary/aromatic N) is 4. The summed E-state index contributed by atoms with van der Waals surface area (Å²) < 4.78 is 1.72. The number of hydrogen-bond donors (Lipinski definition) is 2. The number of carbonyl (C=O) groups is 1. The van der Waals surface area contributed by atoms with Crippen molar-refractivity contribution in [2.75, 3.05) is 13.1 Å². The van der Waals surface area contributed by atoms with Gasteiger partial charge in [-0.25, -0.2) is 4.98 Å². The second-order valence-electron chi connectivity index (χ2n) is 7.12. The molecule has 1 saturated heterocycles. The maximum Gasteiger partial charge on any atom is 0.236 e. The average Bonchev–Trinajstić information content (AvgIpc) is 3.37. The van der Waals surface area contributed by atoms with Crippen LogP contribution in [-0.4, -0.2) is 48.9 Å². The van der Waals surface area contributed by atoms with Crippen LogP contribution in [0.25, 0.3) is 16.7 Å². The summed E-state index contributed by atoms with van der Waals surface area (Å²) in [5.74, 6) is 0.132. The monoisotopic (exact) mass is 430 g/mol. The van der Waals surface area contributed by atoms with Gasteiger partial charge in [-0.2, -0.15) is 5.10 Å². The molecule has 1 fully saturated rings. The zero-order valence-corrected chi connectivity index (χ0v) is 18.0. The van der Waals surface area contributed by atoms with Gasteiger partial charge >= 0.3 is 0 Å². The van der Waals surface area contributed by atoms with Crippen LogP contribution >= 0.6 is 23.4 Å². The number of benzene rings is 1. The number of amides is 1. The molecule has 1 aliphatic heterocycles. The van der Waals surface area contributed by atoms with E-state index < -0.39 is 0 Å². The van der Waals surface area contributed by atoms with Crippen molar-refractivity contribution in [3.8, 4) is 5.69 Å². The fourth-order valence-corrected chi connectivity index (χ4v) is 4.97. The normalized spacial score (nSPS) is 15.2. The van der Waals surface area contributed by atoms with Crippen LogP contribution in [0.3, 0.4) is 0 Å². The highest BCUT2D eigenvalue weighted by Gasteiger charge is 2.28. The number of aromatic amines is 1. The molecule has 1 aliphatic rings. The number of nitrogens with one attached hydrogen (secondary N) is 2. The van der Waals surface area contributed by atoms with Crippen molar-refractivity contribution in [1.29, 1.82) is 5.41 Å². The first-order valence-corrected chi connectivity index (χ1v) is 11.0. The van der Waals surface area contributed by atoms with E-state index in [9.17, 15) is 4.79 Å². The van der Waals surface area contributed by atoms with E-state index in [0.29, 0.717) is 33.3 Å². The number of aryl methyl sites for hydroxylation is 1. The van der Waals surface area contributed by atoms with Crippen LogP contribution in [0.2, 0.25) is 5.02 Å². The lowest BCUT2D eigenvalue weighted by atomic mass is 10.3. The molecule has 152 valence electrons. The van der Waals surface area contributed by atoms with Crippen LogP contribution in [0.1, 0.15) is 31.9 Å². The largest absolute Gasteiger partial charge is 0.342 e. The molecule has 7 nitrogen and oxygen atoms in total. The van der Waals surface area contributed by atoms with E-state index in [1.807, 2.05) is 36.9 Å². The fraction of sp³-hybridized carbons (Fsp3) is 0.400. The highest BCUT2D eigenvalue weighted by molar-refractivity contribution is 8.00. The number of H-pyrrole nitrogens is 1. The number of halogens is 1. The van der Waals surface area contributed by atoms with Crippen molar-refractivity contribution in [3.05, 3.63) is 40.5 Å². The predicted octanol–water partition coefficient (Wildman–Crippen LogP) is 3.68. The summed E-state index contributed by atoms with van der Waals surface area (Å²) >= 11 is 7.84.